The van der Waals surface area contributed by atoms with E-state index in [-0.39, 0.29) is 42.6 Å². The molecule has 6 N–H and O–H groups in total. The molecule has 1 heterocycles. The van der Waals surface area contributed by atoms with Crippen molar-refractivity contribution in [2.24, 2.45) is 16.5 Å². The van der Waals surface area contributed by atoms with Crippen LogP contribution < -0.4 is 16.2 Å². The first kappa shape index (κ1) is 28.7. The first-order valence-corrected chi connectivity index (χ1v) is 12.6. The quantitative estimate of drug-likeness (QED) is 0.0889. The SMILES string of the molecule is NC(N)=Nc1ccc(C(=O)Oc2ccc(CCC(=O)N(CC(=O)O)Cc3cccc(-c4nn[nH]n4)c3)c(Cl)c2)cc1. The lowest BCUT2D eigenvalue weighted by molar-refractivity contribution is -0.144. The summed E-state index contributed by atoms with van der Waals surface area (Å²) in [7, 11) is 0. The number of carbonyl (C=O) groups excluding carboxylic acids is 2. The molecular formula is C27H25ClN8O5. The Kier molecular flexibility index (Phi) is 9.22. The van der Waals surface area contributed by atoms with Crippen molar-refractivity contribution in [2.45, 2.75) is 19.4 Å². The fourth-order valence-electron chi connectivity index (χ4n) is 3.89. The Bertz CT molecular complexity index is 1570. The van der Waals surface area contributed by atoms with Crippen molar-refractivity contribution in [3.63, 3.8) is 0 Å². The summed E-state index contributed by atoms with van der Waals surface area (Å²) in [5, 5.41) is 23.5. The summed E-state index contributed by atoms with van der Waals surface area (Å²) in [5.41, 5.74) is 13.5. The first-order chi connectivity index (χ1) is 19.7. The molecule has 0 saturated carbocycles. The number of nitrogens with one attached hydrogen (secondary N) is 1. The third-order valence-corrected chi connectivity index (χ3v) is 6.14. The van der Waals surface area contributed by atoms with Gasteiger partial charge in [-0.2, -0.15) is 5.21 Å². The van der Waals surface area contributed by atoms with Gasteiger partial charge in [0.25, 0.3) is 0 Å². The van der Waals surface area contributed by atoms with Crippen LogP contribution in [0.5, 0.6) is 5.75 Å². The number of aliphatic carboxylic acids is 1. The predicted octanol–water partition coefficient (Wildman–Crippen LogP) is 2.69. The number of H-pyrrole nitrogens is 1. The second kappa shape index (κ2) is 13.2. The summed E-state index contributed by atoms with van der Waals surface area (Å²) in [6, 6.07) is 18.0. The number of benzene rings is 3. The van der Waals surface area contributed by atoms with Gasteiger partial charge in [0.2, 0.25) is 11.7 Å². The average Bonchev–Trinajstić information content (AvgIpc) is 3.47. The van der Waals surface area contributed by atoms with E-state index >= 15 is 0 Å². The van der Waals surface area contributed by atoms with Crippen molar-refractivity contribution >= 4 is 41.1 Å². The topological polar surface area (TPSA) is 203 Å². The normalized spacial score (nSPS) is 10.6. The van der Waals surface area contributed by atoms with Gasteiger partial charge in [-0.3, -0.25) is 9.59 Å². The minimum absolute atomic E-state index is 0.0127. The van der Waals surface area contributed by atoms with E-state index < -0.39 is 18.5 Å². The van der Waals surface area contributed by atoms with Gasteiger partial charge in [0.05, 0.1) is 11.3 Å². The molecule has 1 amide bonds. The smallest absolute Gasteiger partial charge is 0.343 e. The Hall–Kier alpha value is -5.30. The molecule has 4 aromatic rings. The van der Waals surface area contributed by atoms with E-state index in [0.29, 0.717) is 33.2 Å². The van der Waals surface area contributed by atoms with Crippen LogP contribution in [0, 0.1) is 0 Å². The Balaban J connectivity index is 1.37. The standard InChI is InChI=1S/C27H25ClN8O5/c28-22-13-21(41-26(40)18-4-8-20(9-5-18)31-27(29)30)10-6-17(22)7-11-23(37)36(15-24(38)39)14-16-2-1-3-19(12-16)25-32-34-35-33-25/h1-6,8-10,12-13H,7,11,14-15H2,(H,38,39)(H4,29,30,31)(H,32,33,34,35). The van der Waals surface area contributed by atoms with Crippen LogP contribution >= 0.6 is 11.6 Å². The summed E-state index contributed by atoms with van der Waals surface area (Å²) in [4.78, 5) is 42.1. The van der Waals surface area contributed by atoms with Gasteiger partial charge in [-0.05, 0) is 65.2 Å². The number of ether oxygens (including phenoxy) is 1. The maximum atomic E-state index is 13.0. The zero-order valence-electron chi connectivity index (χ0n) is 21.5. The predicted molar refractivity (Wildman–Crippen MR) is 149 cm³/mol. The highest BCUT2D eigenvalue weighted by Gasteiger charge is 2.19. The fourth-order valence-corrected chi connectivity index (χ4v) is 4.15. The molecule has 0 spiro atoms. The number of tetrazole rings is 1. The molecule has 14 heteroatoms. The molecule has 0 aliphatic rings. The lowest BCUT2D eigenvalue weighted by Crippen LogP contribution is -2.35. The number of carboxylic acid groups (broad SMARTS) is 1. The number of rotatable bonds is 11. The maximum absolute atomic E-state index is 13.0. The summed E-state index contributed by atoms with van der Waals surface area (Å²) in [6.07, 6.45) is 0.260. The molecule has 0 radical (unpaired) electrons. The molecule has 0 bridgehead atoms. The summed E-state index contributed by atoms with van der Waals surface area (Å²) in [5.74, 6) is -1.60. The Labute approximate surface area is 238 Å². The molecule has 0 aliphatic carbocycles. The van der Waals surface area contributed by atoms with Crippen LogP contribution in [-0.2, 0) is 22.6 Å². The van der Waals surface area contributed by atoms with Gasteiger partial charge in [0.15, 0.2) is 5.96 Å². The number of hydrogen-bond acceptors (Lipinski definition) is 8. The molecule has 0 atom stereocenters. The monoisotopic (exact) mass is 576 g/mol. The highest BCUT2D eigenvalue weighted by Crippen LogP contribution is 2.25. The second-order valence-electron chi connectivity index (χ2n) is 8.81. The lowest BCUT2D eigenvalue weighted by Gasteiger charge is -2.21. The zero-order valence-corrected chi connectivity index (χ0v) is 22.3. The van der Waals surface area contributed by atoms with Gasteiger partial charge in [-0.1, -0.05) is 35.9 Å². The minimum atomic E-state index is -1.14. The first-order valence-electron chi connectivity index (χ1n) is 12.2. The Morgan fingerprint density at radius 2 is 1.83 bits per heavy atom. The number of hydrogen-bond donors (Lipinski definition) is 4. The highest BCUT2D eigenvalue weighted by atomic mass is 35.5. The molecule has 210 valence electrons. The number of aliphatic imine (C=N–C) groups is 1. The van der Waals surface area contributed by atoms with Crippen LogP contribution in [-0.4, -0.2) is 61.0 Å². The van der Waals surface area contributed by atoms with Gasteiger partial charge in [-0.15, -0.1) is 10.2 Å². The van der Waals surface area contributed by atoms with Crippen molar-refractivity contribution in [1.29, 1.82) is 0 Å². The molecular weight excluding hydrogens is 552 g/mol. The number of carbonyl (C=O) groups is 3. The van der Waals surface area contributed by atoms with E-state index in [9.17, 15) is 19.5 Å². The number of esters is 1. The number of guanidine groups is 1. The molecule has 0 fully saturated rings. The van der Waals surface area contributed by atoms with Crippen molar-refractivity contribution in [2.75, 3.05) is 6.54 Å². The molecule has 41 heavy (non-hydrogen) atoms. The van der Waals surface area contributed by atoms with Crippen LogP contribution in [0.15, 0.2) is 71.7 Å². The van der Waals surface area contributed by atoms with Crippen LogP contribution in [0.4, 0.5) is 5.69 Å². The number of nitrogens with two attached hydrogens (primary N) is 2. The van der Waals surface area contributed by atoms with Gasteiger partial charge >= 0.3 is 11.9 Å². The Morgan fingerprint density at radius 1 is 1.05 bits per heavy atom. The minimum Gasteiger partial charge on any atom is -0.480 e. The maximum Gasteiger partial charge on any atom is 0.343 e. The zero-order chi connectivity index (χ0) is 29.4. The fraction of sp³-hybridized carbons (Fsp3) is 0.148. The molecule has 13 nitrogen and oxygen atoms in total. The molecule has 1 aromatic heterocycles. The van der Waals surface area contributed by atoms with Crippen molar-refractivity contribution < 1.29 is 24.2 Å². The third kappa shape index (κ3) is 8.10. The molecule has 0 saturated heterocycles. The van der Waals surface area contributed by atoms with Crippen molar-refractivity contribution in [1.82, 2.24) is 25.5 Å². The van der Waals surface area contributed by atoms with Crippen LogP contribution in [0.1, 0.15) is 27.9 Å². The second-order valence-corrected chi connectivity index (χ2v) is 9.21. The Morgan fingerprint density at radius 3 is 2.49 bits per heavy atom. The molecule has 4 rings (SSSR count). The highest BCUT2D eigenvalue weighted by molar-refractivity contribution is 6.31. The number of aryl methyl sites for hydroxylation is 1. The summed E-state index contributed by atoms with van der Waals surface area (Å²) in [6.45, 7) is -0.396. The number of halogens is 1. The summed E-state index contributed by atoms with van der Waals surface area (Å²) >= 11 is 6.40. The van der Waals surface area contributed by atoms with E-state index in [1.165, 1.54) is 23.1 Å². The van der Waals surface area contributed by atoms with Gasteiger partial charge in [0, 0.05) is 23.6 Å². The average molecular weight is 577 g/mol. The van der Waals surface area contributed by atoms with Crippen LogP contribution in [0.3, 0.4) is 0 Å². The van der Waals surface area contributed by atoms with Crippen molar-refractivity contribution in [3.05, 3.63) is 88.4 Å². The van der Waals surface area contributed by atoms with Gasteiger partial charge < -0.3 is 26.2 Å². The lowest BCUT2D eigenvalue weighted by atomic mass is 10.1. The molecule has 0 aliphatic heterocycles. The van der Waals surface area contributed by atoms with Gasteiger partial charge in [-0.25, -0.2) is 9.79 Å². The number of aromatic amines is 1. The van der Waals surface area contributed by atoms with E-state index in [4.69, 9.17) is 27.8 Å². The van der Waals surface area contributed by atoms with E-state index in [2.05, 4.69) is 25.6 Å². The number of aromatic nitrogens is 4. The third-order valence-electron chi connectivity index (χ3n) is 5.79. The van der Waals surface area contributed by atoms with E-state index in [0.717, 1.165) is 0 Å². The number of nitrogens with zero attached hydrogens (tertiary/aromatic N) is 5. The van der Waals surface area contributed by atoms with Crippen LogP contribution in [0.2, 0.25) is 5.02 Å². The van der Waals surface area contributed by atoms with Gasteiger partial charge in [0.1, 0.15) is 12.3 Å². The molecule has 3 aromatic carbocycles. The summed E-state index contributed by atoms with van der Waals surface area (Å²) < 4.78 is 5.40. The van der Waals surface area contributed by atoms with Crippen LogP contribution in [0.25, 0.3) is 11.4 Å². The van der Waals surface area contributed by atoms with E-state index in [1.807, 2.05) is 0 Å². The number of amides is 1. The van der Waals surface area contributed by atoms with Crippen molar-refractivity contribution in [3.8, 4) is 17.1 Å². The van der Waals surface area contributed by atoms with E-state index in [1.54, 1.807) is 48.5 Å². The largest absolute Gasteiger partial charge is 0.480 e. The molecule has 0 unspecified atom stereocenters. The number of carboxylic acids is 1.